The highest BCUT2D eigenvalue weighted by Gasteiger charge is 2.19. The second-order valence-electron chi connectivity index (χ2n) is 4.80. The van der Waals surface area contributed by atoms with E-state index in [1.54, 1.807) is 18.2 Å². The standard InChI is InChI=1S/C16H10ClF2NO/c1-8-4-11(14(19)6-13(8)18)16(21)12-7-20-15-3-2-9(17)5-10(12)15/h2-7,20H,1H3. The van der Waals surface area contributed by atoms with E-state index < -0.39 is 17.4 Å². The van der Waals surface area contributed by atoms with E-state index in [4.69, 9.17) is 11.6 Å². The molecule has 1 aromatic heterocycles. The minimum Gasteiger partial charge on any atom is -0.360 e. The Morgan fingerprint density at radius 1 is 1.10 bits per heavy atom. The summed E-state index contributed by atoms with van der Waals surface area (Å²) in [5, 5.41) is 1.08. The molecule has 0 radical (unpaired) electrons. The molecule has 0 aliphatic rings. The van der Waals surface area contributed by atoms with Gasteiger partial charge in [0.15, 0.2) is 5.78 Å². The van der Waals surface area contributed by atoms with E-state index in [2.05, 4.69) is 4.98 Å². The van der Waals surface area contributed by atoms with Crippen LogP contribution in [0.2, 0.25) is 5.02 Å². The fraction of sp³-hybridized carbons (Fsp3) is 0.0625. The average molecular weight is 306 g/mol. The number of hydrogen-bond donors (Lipinski definition) is 1. The van der Waals surface area contributed by atoms with Gasteiger partial charge in [-0.05, 0) is 36.8 Å². The van der Waals surface area contributed by atoms with Crippen molar-refractivity contribution in [1.29, 1.82) is 0 Å². The Morgan fingerprint density at radius 2 is 1.86 bits per heavy atom. The van der Waals surface area contributed by atoms with E-state index in [-0.39, 0.29) is 11.1 Å². The lowest BCUT2D eigenvalue weighted by atomic mass is 10.0. The largest absolute Gasteiger partial charge is 0.360 e. The van der Waals surface area contributed by atoms with Crippen molar-refractivity contribution in [2.45, 2.75) is 6.92 Å². The molecule has 0 bridgehead atoms. The zero-order valence-electron chi connectivity index (χ0n) is 11.0. The number of carbonyl (C=O) groups is 1. The summed E-state index contributed by atoms with van der Waals surface area (Å²) < 4.78 is 27.2. The Kier molecular flexibility index (Phi) is 3.26. The summed E-state index contributed by atoms with van der Waals surface area (Å²) in [5.74, 6) is -2.06. The number of aryl methyl sites for hydroxylation is 1. The average Bonchev–Trinajstić information content (AvgIpc) is 2.85. The molecule has 106 valence electrons. The van der Waals surface area contributed by atoms with Gasteiger partial charge in [-0.1, -0.05) is 11.6 Å². The monoisotopic (exact) mass is 305 g/mol. The first kappa shape index (κ1) is 13.8. The number of benzene rings is 2. The van der Waals surface area contributed by atoms with Gasteiger partial charge in [-0.25, -0.2) is 8.78 Å². The van der Waals surface area contributed by atoms with E-state index in [1.807, 2.05) is 0 Å². The van der Waals surface area contributed by atoms with Crippen LogP contribution in [0.5, 0.6) is 0 Å². The number of aromatic nitrogens is 1. The summed E-state index contributed by atoms with van der Waals surface area (Å²) in [5.41, 5.74) is 1.09. The molecular formula is C16H10ClF2NO. The number of rotatable bonds is 2. The van der Waals surface area contributed by atoms with Gasteiger partial charge < -0.3 is 4.98 Å². The predicted molar refractivity (Wildman–Crippen MR) is 77.8 cm³/mol. The number of H-pyrrole nitrogens is 1. The second-order valence-corrected chi connectivity index (χ2v) is 5.24. The molecule has 0 amide bonds. The van der Waals surface area contributed by atoms with Gasteiger partial charge in [-0.2, -0.15) is 0 Å². The van der Waals surface area contributed by atoms with Crippen molar-refractivity contribution < 1.29 is 13.6 Å². The van der Waals surface area contributed by atoms with Crippen molar-refractivity contribution in [1.82, 2.24) is 4.98 Å². The van der Waals surface area contributed by atoms with Crippen molar-refractivity contribution in [3.05, 3.63) is 69.9 Å². The summed E-state index contributed by atoms with van der Waals surface area (Å²) >= 11 is 5.93. The van der Waals surface area contributed by atoms with Crippen LogP contribution < -0.4 is 0 Å². The van der Waals surface area contributed by atoms with Crippen LogP contribution in [0, 0.1) is 18.6 Å². The molecule has 0 aliphatic carbocycles. The number of nitrogens with one attached hydrogen (secondary N) is 1. The van der Waals surface area contributed by atoms with Gasteiger partial charge in [0.2, 0.25) is 0 Å². The zero-order chi connectivity index (χ0) is 15.1. The second kappa shape index (κ2) is 4.97. The van der Waals surface area contributed by atoms with Crippen molar-refractivity contribution in [3.8, 4) is 0 Å². The Bertz CT molecular complexity index is 870. The summed E-state index contributed by atoms with van der Waals surface area (Å²) in [6.45, 7) is 1.48. The van der Waals surface area contributed by atoms with Crippen LogP contribution in [0.25, 0.3) is 10.9 Å². The Morgan fingerprint density at radius 3 is 2.62 bits per heavy atom. The minimum absolute atomic E-state index is 0.158. The van der Waals surface area contributed by atoms with Gasteiger partial charge in [-0.3, -0.25) is 4.79 Å². The summed E-state index contributed by atoms with van der Waals surface area (Å²) in [6.07, 6.45) is 1.50. The Balaban J connectivity index is 2.17. The van der Waals surface area contributed by atoms with Gasteiger partial charge in [0.05, 0.1) is 5.56 Å². The molecule has 1 N–H and O–H groups in total. The molecule has 1 heterocycles. The first-order valence-corrected chi connectivity index (χ1v) is 6.62. The third-order valence-corrected chi connectivity index (χ3v) is 3.62. The van der Waals surface area contributed by atoms with Crippen LogP contribution in [0.3, 0.4) is 0 Å². The molecule has 2 nitrogen and oxygen atoms in total. The lowest BCUT2D eigenvalue weighted by Gasteiger charge is -2.04. The van der Waals surface area contributed by atoms with Gasteiger partial charge in [0.1, 0.15) is 11.6 Å². The van der Waals surface area contributed by atoms with Crippen LogP contribution >= 0.6 is 11.6 Å². The maximum absolute atomic E-state index is 13.9. The van der Waals surface area contributed by atoms with E-state index in [9.17, 15) is 13.6 Å². The molecule has 0 unspecified atom stereocenters. The Hall–Kier alpha value is -2.20. The molecular weight excluding hydrogens is 296 g/mol. The van der Waals surface area contributed by atoms with E-state index in [0.717, 1.165) is 11.6 Å². The van der Waals surface area contributed by atoms with E-state index >= 15 is 0 Å². The molecule has 0 atom stereocenters. The highest BCUT2D eigenvalue weighted by Crippen LogP contribution is 2.26. The summed E-state index contributed by atoms with van der Waals surface area (Å²) in [4.78, 5) is 15.4. The van der Waals surface area contributed by atoms with Crippen LogP contribution in [0.15, 0.2) is 36.5 Å². The van der Waals surface area contributed by atoms with Gasteiger partial charge in [0, 0.05) is 33.8 Å². The molecule has 0 spiro atoms. The fourth-order valence-corrected chi connectivity index (χ4v) is 2.43. The van der Waals surface area contributed by atoms with Crippen molar-refractivity contribution >= 4 is 28.3 Å². The number of halogens is 3. The number of ketones is 1. The predicted octanol–water partition coefficient (Wildman–Crippen LogP) is 4.64. The molecule has 21 heavy (non-hydrogen) atoms. The third-order valence-electron chi connectivity index (χ3n) is 3.38. The Labute approximate surface area is 124 Å². The third kappa shape index (κ3) is 2.32. The SMILES string of the molecule is Cc1cc(C(=O)c2c[nH]c3ccc(Cl)cc23)c(F)cc1F. The quantitative estimate of drug-likeness (QED) is 0.687. The van der Waals surface area contributed by atoms with Crippen LogP contribution in [0.4, 0.5) is 8.78 Å². The van der Waals surface area contributed by atoms with Crippen LogP contribution in [-0.4, -0.2) is 10.8 Å². The number of carbonyl (C=O) groups excluding carboxylic acids is 1. The highest BCUT2D eigenvalue weighted by molar-refractivity contribution is 6.31. The minimum atomic E-state index is -0.875. The number of hydrogen-bond acceptors (Lipinski definition) is 1. The first-order chi connectivity index (χ1) is 9.97. The summed E-state index contributed by atoms with van der Waals surface area (Å²) in [7, 11) is 0. The molecule has 5 heteroatoms. The van der Waals surface area contributed by atoms with Crippen LogP contribution in [0.1, 0.15) is 21.5 Å². The van der Waals surface area contributed by atoms with Crippen molar-refractivity contribution in [2.24, 2.45) is 0 Å². The normalized spacial score (nSPS) is 11.0. The number of aromatic amines is 1. The molecule has 3 aromatic rings. The van der Waals surface area contributed by atoms with Gasteiger partial charge in [0.25, 0.3) is 0 Å². The van der Waals surface area contributed by atoms with E-state index in [0.29, 0.717) is 16.0 Å². The van der Waals surface area contributed by atoms with Gasteiger partial charge >= 0.3 is 0 Å². The van der Waals surface area contributed by atoms with Crippen molar-refractivity contribution in [3.63, 3.8) is 0 Å². The van der Waals surface area contributed by atoms with Crippen molar-refractivity contribution in [2.75, 3.05) is 0 Å². The lowest BCUT2D eigenvalue weighted by molar-refractivity contribution is 0.103. The molecule has 2 aromatic carbocycles. The van der Waals surface area contributed by atoms with Gasteiger partial charge in [-0.15, -0.1) is 0 Å². The first-order valence-electron chi connectivity index (χ1n) is 6.24. The highest BCUT2D eigenvalue weighted by atomic mass is 35.5. The molecule has 0 fully saturated rings. The summed E-state index contributed by atoms with van der Waals surface area (Å²) in [6, 6.07) is 7.01. The number of fused-ring (bicyclic) bond motifs is 1. The van der Waals surface area contributed by atoms with E-state index in [1.165, 1.54) is 19.2 Å². The molecule has 0 saturated carbocycles. The lowest BCUT2D eigenvalue weighted by Crippen LogP contribution is -2.05. The molecule has 0 aliphatic heterocycles. The molecule has 0 saturated heterocycles. The maximum atomic E-state index is 13.9. The zero-order valence-corrected chi connectivity index (χ0v) is 11.8. The van der Waals surface area contributed by atoms with Crippen LogP contribution in [-0.2, 0) is 0 Å². The molecule has 3 rings (SSSR count). The smallest absolute Gasteiger partial charge is 0.198 e. The topological polar surface area (TPSA) is 32.9 Å². The fourth-order valence-electron chi connectivity index (χ4n) is 2.26. The maximum Gasteiger partial charge on any atom is 0.198 e.